The third kappa shape index (κ3) is 22.6. The second-order valence-corrected chi connectivity index (χ2v) is 13.4. The largest absolute Gasteiger partial charge is 0.394 e. The fourth-order valence-electron chi connectivity index (χ4n) is 5.67. The Kier molecular flexibility index (Phi) is 28.5. The molecule has 6 N–H and O–H groups in total. The van der Waals surface area contributed by atoms with E-state index in [2.05, 4.69) is 55.6 Å². The van der Waals surface area contributed by atoms with E-state index in [0.717, 1.165) is 57.8 Å². The van der Waals surface area contributed by atoms with Crippen LogP contribution in [0.4, 0.5) is 0 Å². The Bertz CT molecular complexity index is 905. The van der Waals surface area contributed by atoms with E-state index >= 15 is 0 Å². The van der Waals surface area contributed by atoms with E-state index in [1.54, 1.807) is 6.08 Å². The number of amides is 1. The lowest BCUT2D eigenvalue weighted by Crippen LogP contribution is -2.60. The number of nitrogens with one attached hydrogen (secondary N) is 1. The number of aliphatic hydroxyl groups is 5. The Balaban J connectivity index is 2.42. The van der Waals surface area contributed by atoms with Crippen molar-refractivity contribution in [3.8, 4) is 0 Å². The van der Waals surface area contributed by atoms with E-state index in [1.165, 1.54) is 64.2 Å². The number of allylic oxidation sites excluding steroid dienone is 7. The van der Waals surface area contributed by atoms with Crippen LogP contribution in [-0.4, -0.2) is 87.5 Å². The number of rotatable bonds is 30. The van der Waals surface area contributed by atoms with Crippen molar-refractivity contribution >= 4 is 5.91 Å². The van der Waals surface area contributed by atoms with Crippen molar-refractivity contribution in [3.05, 3.63) is 48.6 Å². The standard InChI is InChI=1S/C40H71NO8/c1-3-5-7-9-11-13-14-15-16-17-18-19-20-22-24-26-28-30-36(44)41-33(34(43)29-27-25-23-21-12-10-8-6-4-2)32-48-40-39(47)38(46)37(45)35(31-42)49-40/h11-13,15-16,21,27,29,33-35,37-40,42-43,45-47H,3-10,14,17-20,22-26,28,30-32H2,1-2H3,(H,41,44)/b13-11-,16-15-,21-12+,29-27+. The first kappa shape index (κ1) is 45.2. The molecule has 1 aliphatic heterocycles. The monoisotopic (exact) mass is 694 g/mol. The number of hydrogen-bond acceptors (Lipinski definition) is 8. The summed E-state index contributed by atoms with van der Waals surface area (Å²) in [4.78, 5) is 12.8. The van der Waals surface area contributed by atoms with Crippen LogP contribution in [-0.2, 0) is 14.3 Å². The topological polar surface area (TPSA) is 149 Å². The molecule has 9 nitrogen and oxygen atoms in total. The second kappa shape index (κ2) is 30.9. The normalized spacial score (nSPS) is 23.0. The van der Waals surface area contributed by atoms with Crippen LogP contribution >= 0.6 is 0 Å². The summed E-state index contributed by atoms with van der Waals surface area (Å²) < 4.78 is 11.1. The Labute approximate surface area is 297 Å². The highest BCUT2D eigenvalue weighted by Crippen LogP contribution is 2.22. The van der Waals surface area contributed by atoms with Crippen LogP contribution in [0.3, 0.4) is 0 Å². The number of carbonyl (C=O) groups is 1. The average molecular weight is 694 g/mol. The van der Waals surface area contributed by atoms with E-state index in [4.69, 9.17) is 9.47 Å². The molecular weight excluding hydrogens is 622 g/mol. The van der Waals surface area contributed by atoms with Gasteiger partial charge in [0.2, 0.25) is 5.91 Å². The summed E-state index contributed by atoms with van der Waals surface area (Å²) in [6.45, 7) is 3.64. The summed E-state index contributed by atoms with van der Waals surface area (Å²) in [5.41, 5.74) is 0. The third-order valence-corrected chi connectivity index (χ3v) is 8.88. The molecular formula is C40H71NO8. The predicted octanol–water partition coefficient (Wildman–Crippen LogP) is 6.72. The van der Waals surface area contributed by atoms with Crippen LogP contribution in [0.2, 0.25) is 0 Å². The highest BCUT2D eigenvalue weighted by Gasteiger charge is 2.44. The van der Waals surface area contributed by atoms with Crippen molar-refractivity contribution < 1.29 is 39.8 Å². The summed E-state index contributed by atoms with van der Waals surface area (Å²) >= 11 is 0. The zero-order valence-electron chi connectivity index (χ0n) is 30.7. The van der Waals surface area contributed by atoms with Crippen LogP contribution in [0.15, 0.2) is 48.6 Å². The van der Waals surface area contributed by atoms with Crippen molar-refractivity contribution in [1.82, 2.24) is 5.32 Å². The predicted molar refractivity (Wildman–Crippen MR) is 198 cm³/mol. The van der Waals surface area contributed by atoms with Gasteiger partial charge < -0.3 is 40.3 Å². The molecule has 0 radical (unpaired) electrons. The van der Waals surface area contributed by atoms with Gasteiger partial charge in [0.1, 0.15) is 24.4 Å². The lowest BCUT2D eigenvalue weighted by atomic mass is 9.99. The van der Waals surface area contributed by atoms with Crippen molar-refractivity contribution in [2.24, 2.45) is 0 Å². The van der Waals surface area contributed by atoms with Gasteiger partial charge in [-0.25, -0.2) is 0 Å². The number of hydrogen-bond donors (Lipinski definition) is 6. The molecule has 1 rings (SSSR count). The van der Waals surface area contributed by atoms with Crippen LogP contribution in [0.1, 0.15) is 142 Å². The molecule has 0 aromatic heterocycles. The minimum Gasteiger partial charge on any atom is -0.394 e. The molecule has 1 fully saturated rings. The quantitative estimate of drug-likeness (QED) is 0.0359. The van der Waals surface area contributed by atoms with Crippen molar-refractivity contribution in [1.29, 1.82) is 0 Å². The maximum absolute atomic E-state index is 12.8. The highest BCUT2D eigenvalue weighted by atomic mass is 16.7. The first-order valence-corrected chi connectivity index (χ1v) is 19.4. The first-order chi connectivity index (χ1) is 23.8. The molecule has 0 saturated carbocycles. The van der Waals surface area contributed by atoms with Gasteiger partial charge in [0, 0.05) is 6.42 Å². The van der Waals surface area contributed by atoms with Crippen LogP contribution in [0.25, 0.3) is 0 Å². The summed E-state index contributed by atoms with van der Waals surface area (Å²) in [6.07, 6.45) is 30.2. The zero-order valence-corrected chi connectivity index (χ0v) is 30.7. The SMILES string of the molecule is CCCCC/C=C\C/C=C\CCCCCCCCCC(=O)NC(COC1OC(CO)C(O)C(O)C1O)C(O)/C=C/CC/C=C/CCCCC. The van der Waals surface area contributed by atoms with Gasteiger partial charge >= 0.3 is 0 Å². The van der Waals surface area contributed by atoms with Crippen molar-refractivity contribution in [2.75, 3.05) is 13.2 Å². The molecule has 1 saturated heterocycles. The molecule has 0 aliphatic carbocycles. The smallest absolute Gasteiger partial charge is 0.220 e. The molecule has 284 valence electrons. The number of carbonyl (C=O) groups excluding carboxylic acids is 1. The minimum absolute atomic E-state index is 0.201. The van der Waals surface area contributed by atoms with Crippen LogP contribution in [0.5, 0.6) is 0 Å². The molecule has 0 aromatic carbocycles. The highest BCUT2D eigenvalue weighted by molar-refractivity contribution is 5.76. The molecule has 1 heterocycles. The van der Waals surface area contributed by atoms with Crippen LogP contribution in [0, 0.1) is 0 Å². The lowest BCUT2D eigenvalue weighted by Gasteiger charge is -2.40. The van der Waals surface area contributed by atoms with Gasteiger partial charge in [0.25, 0.3) is 0 Å². The summed E-state index contributed by atoms with van der Waals surface area (Å²) in [7, 11) is 0. The fraction of sp³-hybridized carbons (Fsp3) is 0.775. The maximum Gasteiger partial charge on any atom is 0.220 e. The van der Waals surface area contributed by atoms with Gasteiger partial charge in [-0.05, 0) is 64.2 Å². The molecule has 1 aliphatic rings. The molecule has 0 aromatic rings. The number of aliphatic hydroxyl groups excluding tert-OH is 5. The lowest BCUT2D eigenvalue weighted by molar-refractivity contribution is -0.302. The summed E-state index contributed by atoms with van der Waals surface area (Å²) in [6, 6.07) is -0.823. The molecule has 49 heavy (non-hydrogen) atoms. The maximum atomic E-state index is 12.8. The fourth-order valence-corrected chi connectivity index (χ4v) is 5.67. The van der Waals surface area contributed by atoms with Gasteiger partial charge in [-0.1, -0.05) is 120 Å². The third-order valence-electron chi connectivity index (χ3n) is 8.88. The van der Waals surface area contributed by atoms with E-state index in [-0.39, 0.29) is 12.5 Å². The van der Waals surface area contributed by atoms with Gasteiger partial charge in [-0.3, -0.25) is 4.79 Å². The van der Waals surface area contributed by atoms with Crippen LogP contribution < -0.4 is 5.32 Å². The zero-order chi connectivity index (χ0) is 36.0. The molecule has 0 spiro atoms. The van der Waals surface area contributed by atoms with Gasteiger partial charge in [0.05, 0.1) is 25.4 Å². The van der Waals surface area contributed by atoms with Gasteiger partial charge in [0.15, 0.2) is 6.29 Å². The summed E-state index contributed by atoms with van der Waals surface area (Å²) in [5, 5.41) is 53.8. The number of ether oxygens (including phenoxy) is 2. The van der Waals surface area contributed by atoms with Gasteiger partial charge in [-0.15, -0.1) is 0 Å². The van der Waals surface area contributed by atoms with E-state index < -0.39 is 49.5 Å². The second-order valence-electron chi connectivity index (χ2n) is 13.4. The van der Waals surface area contributed by atoms with Crippen molar-refractivity contribution in [3.63, 3.8) is 0 Å². The van der Waals surface area contributed by atoms with E-state index in [0.29, 0.717) is 6.42 Å². The van der Waals surface area contributed by atoms with Gasteiger partial charge in [-0.2, -0.15) is 0 Å². The van der Waals surface area contributed by atoms with Crippen molar-refractivity contribution in [2.45, 2.75) is 185 Å². The van der Waals surface area contributed by atoms with E-state index in [9.17, 15) is 30.3 Å². The first-order valence-electron chi connectivity index (χ1n) is 19.4. The molecule has 0 bridgehead atoms. The average Bonchev–Trinajstić information content (AvgIpc) is 3.10. The molecule has 7 atom stereocenters. The Morgan fingerprint density at radius 3 is 1.84 bits per heavy atom. The molecule has 7 unspecified atom stereocenters. The molecule has 1 amide bonds. The van der Waals surface area contributed by atoms with E-state index in [1.807, 2.05) is 6.08 Å². The number of unbranched alkanes of at least 4 members (excludes halogenated alkanes) is 14. The Morgan fingerprint density at radius 1 is 0.694 bits per heavy atom. The Morgan fingerprint density at radius 2 is 1.22 bits per heavy atom. The summed E-state index contributed by atoms with van der Waals surface area (Å²) in [5.74, 6) is -0.201. The minimum atomic E-state index is -1.57. The Hall–Kier alpha value is -1.85. The molecule has 9 heteroatoms.